The molecule has 0 atom stereocenters. The molecule has 5 nitrogen and oxygen atoms in total. The maximum atomic E-state index is 12.1. The molecule has 0 aromatic heterocycles. The lowest BCUT2D eigenvalue weighted by atomic mass is 10.2. The van der Waals surface area contributed by atoms with E-state index in [0.717, 1.165) is 0 Å². The van der Waals surface area contributed by atoms with Crippen molar-refractivity contribution >= 4 is 19.9 Å². The number of nitrogens with zero attached hydrogens (tertiary/aromatic N) is 1. The highest BCUT2D eigenvalue weighted by molar-refractivity contribution is 7.92. The van der Waals surface area contributed by atoms with Gasteiger partial charge in [-0.15, -0.1) is 0 Å². The largest absolute Gasteiger partial charge is 0.229 e. The topological polar surface area (TPSA) is 71.5 Å². The van der Waals surface area contributed by atoms with Gasteiger partial charge < -0.3 is 0 Å². The van der Waals surface area contributed by atoms with Gasteiger partial charge >= 0.3 is 0 Å². The van der Waals surface area contributed by atoms with Crippen molar-refractivity contribution < 1.29 is 16.8 Å². The normalized spacial score (nSPS) is 20.3. The summed E-state index contributed by atoms with van der Waals surface area (Å²) in [6.07, 6.45) is 0.835. The minimum absolute atomic E-state index is 0.113. The summed E-state index contributed by atoms with van der Waals surface area (Å²) >= 11 is 0. The van der Waals surface area contributed by atoms with E-state index in [0.29, 0.717) is 25.9 Å². The van der Waals surface area contributed by atoms with E-state index in [1.165, 1.54) is 4.31 Å². The smallest absolute Gasteiger partial charge is 0.216 e. The second kappa shape index (κ2) is 6.10. The quantitative estimate of drug-likeness (QED) is 0.766. The maximum Gasteiger partial charge on any atom is 0.216 e. The van der Waals surface area contributed by atoms with Crippen molar-refractivity contribution in [3.05, 3.63) is 0 Å². The van der Waals surface area contributed by atoms with Crippen LogP contribution in [0.4, 0.5) is 0 Å². The van der Waals surface area contributed by atoms with Crippen molar-refractivity contribution in [2.75, 3.05) is 18.8 Å². The highest BCUT2D eigenvalue weighted by Crippen LogP contribution is 2.23. The molecule has 0 aromatic rings. The van der Waals surface area contributed by atoms with E-state index in [1.54, 1.807) is 13.8 Å². The third-order valence-electron chi connectivity index (χ3n) is 3.43. The molecule has 0 N–H and O–H groups in total. The van der Waals surface area contributed by atoms with Crippen LogP contribution in [0.2, 0.25) is 0 Å². The van der Waals surface area contributed by atoms with Crippen molar-refractivity contribution in [2.24, 2.45) is 5.92 Å². The Morgan fingerprint density at radius 3 is 1.84 bits per heavy atom. The van der Waals surface area contributed by atoms with Gasteiger partial charge in [-0.25, -0.2) is 21.1 Å². The number of hydrogen-bond donors (Lipinski definition) is 0. The first-order valence-corrected chi connectivity index (χ1v) is 9.99. The summed E-state index contributed by atoms with van der Waals surface area (Å²) in [4.78, 5) is 0. The molecular weight excluding hydrogens is 286 g/mol. The molecule has 0 spiro atoms. The highest BCUT2D eigenvalue weighted by atomic mass is 32.2. The number of piperidine rings is 1. The maximum absolute atomic E-state index is 12.1. The zero-order valence-corrected chi connectivity index (χ0v) is 13.8. The van der Waals surface area contributed by atoms with Gasteiger partial charge in [0.25, 0.3) is 0 Å². The van der Waals surface area contributed by atoms with Crippen LogP contribution in [0.1, 0.15) is 40.5 Å². The fraction of sp³-hybridized carbons (Fsp3) is 1.00. The SMILES string of the molecule is CC(C)CS(=O)(=O)C1CCN(S(=O)(=O)C(C)C)CC1. The molecule has 0 radical (unpaired) electrons. The lowest BCUT2D eigenvalue weighted by Gasteiger charge is -2.32. The van der Waals surface area contributed by atoms with E-state index in [1.807, 2.05) is 13.8 Å². The van der Waals surface area contributed by atoms with Crippen LogP contribution in [0, 0.1) is 5.92 Å². The van der Waals surface area contributed by atoms with Crippen molar-refractivity contribution in [3.63, 3.8) is 0 Å². The Morgan fingerprint density at radius 2 is 1.47 bits per heavy atom. The molecule has 0 saturated carbocycles. The second-order valence-corrected chi connectivity index (χ2v) is 10.7. The van der Waals surface area contributed by atoms with Crippen LogP contribution >= 0.6 is 0 Å². The van der Waals surface area contributed by atoms with Crippen molar-refractivity contribution in [2.45, 2.75) is 51.0 Å². The van der Waals surface area contributed by atoms with Gasteiger partial charge in [0.1, 0.15) is 0 Å². The first kappa shape index (κ1) is 16.9. The van der Waals surface area contributed by atoms with Gasteiger partial charge in [0, 0.05) is 13.1 Å². The van der Waals surface area contributed by atoms with Crippen LogP contribution in [-0.2, 0) is 19.9 Å². The molecule has 0 aliphatic carbocycles. The molecule has 7 heteroatoms. The van der Waals surface area contributed by atoms with Gasteiger partial charge in [-0.05, 0) is 32.6 Å². The molecule has 0 unspecified atom stereocenters. The molecule has 0 aromatic carbocycles. The molecule has 1 fully saturated rings. The van der Waals surface area contributed by atoms with Crippen LogP contribution in [0.25, 0.3) is 0 Å². The second-order valence-electron chi connectivity index (χ2n) is 5.92. The first-order chi connectivity index (χ1) is 8.57. The number of sulfone groups is 1. The van der Waals surface area contributed by atoms with Crippen molar-refractivity contribution in [1.29, 1.82) is 0 Å². The van der Waals surface area contributed by atoms with E-state index >= 15 is 0 Å². The van der Waals surface area contributed by atoms with E-state index in [9.17, 15) is 16.8 Å². The third kappa shape index (κ3) is 4.16. The Hall–Kier alpha value is -0.140. The number of hydrogen-bond acceptors (Lipinski definition) is 4. The minimum atomic E-state index is -3.25. The Morgan fingerprint density at radius 1 is 1.00 bits per heavy atom. The summed E-state index contributed by atoms with van der Waals surface area (Å²) in [5, 5.41) is -0.829. The number of sulfonamides is 1. The Balaban J connectivity index is 2.69. The zero-order chi connectivity index (χ0) is 14.8. The van der Waals surface area contributed by atoms with E-state index < -0.39 is 25.1 Å². The molecule has 0 amide bonds. The van der Waals surface area contributed by atoms with Gasteiger partial charge in [0.05, 0.1) is 16.3 Å². The average Bonchev–Trinajstić information content (AvgIpc) is 2.27. The summed E-state index contributed by atoms with van der Waals surface area (Å²) in [6.45, 7) is 7.71. The van der Waals surface area contributed by atoms with E-state index in [-0.39, 0.29) is 16.9 Å². The molecule has 1 rings (SSSR count). The zero-order valence-electron chi connectivity index (χ0n) is 12.2. The molecule has 1 heterocycles. The van der Waals surface area contributed by atoms with E-state index in [2.05, 4.69) is 0 Å². The van der Waals surface area contributed by atoms with Crippen LogP contribution in [-0.4, -0.2) is 50.5 Å². The predicted molar refractivity (Wildman–Crippen MR) is 77.3 cm³/mol. The third-order valence-corrected chi connectivity index (χ3v) is 8.32. The summed E-state index contributed by atoms with van der Waals surface area (Å²) in [7, 11) is -6.35. The Kier molecular flexibility index (Phi) is 5.43. The van der Waals surface area contributed by atoms with Crippen LogP contribution in [0.3, 0.4) is 0 Å². The van der Waals surface area contributed by atoms with Crippen LogP contribution in [0.5, 0.6) is 0 Å². The Labute approximate surface area is 117 Å². The first-order valence-electron chi connectivity index (χ1n) is 6.78. The van der Waals surface area contributed by atoms with Crippen LogP contribution in [0.15, 0.2) is 0 Å². The molecule has 114 valence electrons. The highest BCUT2D eigenvalue weighted by Gasteiger charge is 2.35. The molecule has 19 heavy (non-hydrogen) atoms. The summed E-state index contributed by atoms with van der Waals surface area (Å²) < 4.78 is 49.7. The predicted octanol–water partition coefficient (Wildman–Crippen LogP) is 1.26. The van der Waals surface area contributed by atoms with E-state index in [4.69, 9.17) is 0 Å². The summed E-state index contributed by atoms with van der Waals surface area (Å²) in [5.74, 6) is 0.302. The molecule has 1 aliphatic heterocycles. The van der Waals surface area contributed by atoms with Gasteiger partial charge in [-0.3, -0.25) is 0 Å². The van der Waals surface area contributed by atoms with Gasteiger partial charge in [-0.1, -0.05) is 13.8 Å². The van der Waals surface area contributed by atoms with Gasteiger partial charge in [-0.2, -0.15) is 0 Å². The van der Waals surface area contributed by atoms with Crippen molar-refractivity contribution in [1.82, 2.24) is 4.31 Å². The average molecular weight is 311 g/mol. The Bertz CT molecular complexity index is 486. The molecular formula is C12H25NO4S2. The fourth-order valence-corrected chi connectivity index (χ4v) is 5.79. The summed E-state index contributed by atoms with van der Waals surface area (Å²) in [6, 6.07) is 0. The fourth-order valence-electron chi connectivity index (χ4n) is 2.34. The lowest BCUT2D eigenvalue weighted by Crippen LogP contribution is -2.45. The summed E-state index contributed by atoms with van der Waals surface area (Å²) in [5.41, 5.74) is 0. The van der Waals surface area contributed by atoms with Crippen LogP contribution < -0.4 is 0 Å². The van der Waals surface area contributed by atoms with Crippen molar-refractivity contribution in [3.8, 4) is 0 Å². The standard InChI is InChI=1S/C12H25NO4S2/c1-10(2)9-18(14,15)12-5-7-13(8-6-12)19(16,17)11(3)4/h10-12H,5-9H2,1-4H3. The number of rotatable bonds is 5. The minimum Gasteiger partial charge on any atom is -0.229 e. The molecule has 0 bridgehead atoms. The van der Waals surface area contributed by atoms with Gasteiger partial charge in [0.2, 0.25) is 10.0 Å². The van der Waals surface area contributed by atoms with Gasteiger partial charge in [0.15, 0.2) is 9.84 Å². The molecule has 1 aliphatic rings. The monoisotopic (exact) mass is 311 g/mol. The molecule has 1 saturated heterocycles. The lowest BCUT2D eigenvalue weighted by molar-refractivity contribution is 0.342.